The summed E-state index contributed by atoms with van der Waals surface area (Å²) in [4.78, 5) is 23.9. The number of anilines is 1. The van der Waals surface area contributed by atoms with Crippen LogP contribution < -0.4 is 10.6 Å². The van der Waals surface area contributed by atoms with Crippen molar-refractivity contribution in [2.75, 3.05) is 5.32 Å². The van der Waals surface area contributed by atoms with Gasteiger partial charge in [-0.05, 0) is 31.5 Å². The molecule has 0 radical (unpaired) electrons. The molecule has 0 aliphatic rings. The van der Waals surface area contributed by atoms with Crippen LogP contribution in [0.25, 0.3) is 0 Å². The maximum atomic E-state index is 12.1. The second-order valence-corrected chi connectivity index (χ2v) is 6.25. The maximum absolute atomic E-state index is 12.1. The first kappa shape index (κ1) is 16.5. The number of benzene rings is 1. The fourth-order valence-corrected chi connectivity index (χ4v) is 1.64. The van der Waals surface area contributed by atoms with Crippen molar-refractivity contribution in [2.45, 2.75) is 40.7 Å². The Balaban J connectivity index is 2.72. The third-order valence-electron chi connectivity index (χ3n) is 2.95. The fourth-order valence-electron chi connectivity index (χ4n) is 1.46. The lowest BCUT2D eigenvalue weighted by Gasteiger charge is -2.21. The molecular formula is C15H21ClN2O2. The van der Waals surface area contributed by atoms with E-state index in [9.17, 15) is 9.59 Å². The zero-order valence-electron chi connectivity index (χ0n) is 12.5. The smallest absolute Gasteiger partial charge is 0.246 e. The van der Waals surface area contributed by atoms with Gasteiger partial charge in [0, 0.05) is 16.1 Å². The van der Waals surface area contributed by atoms with Crippen molar-refractivity contribution in [1.29, 1.82) is 0 Å². The quantitative estimate of drug-likeness (QED) is 0.900. The van der Waals surface area contributed by atoms with Crippen LogP contribution in [0.4, 0.5) is 5.69 Å². The number of amides is 2. The number of rotatable bonds is 3. The maximum Gasteiger partial charge on any atom is 0.246 e. The van der Waals surface area contributed by atoms with Crippen LogP contribution in [0.1, 0.15) is 33.3 Å². The van der Waals surface area contributed by atoms with Crippen LogP contribution in [-0.4, -0.2) is 17.9 Å². The largest absolute Gasteiger partial charge is 0.344 e. The van der Waals surface area contributed by atoms with Crippen molar-refractivity contribution >= 4 is 29.1 Å². The van der Waals surface area contributed by atoms with E-state index in [1.54, 1.807) is 45.9 Å². The third kappa shape index (κ3) is 4.23. The second kappa shape index (κ2) is 6.27. The van der Waals surface area contributed by atoms with Gasteiger partial charge in [0.1, 0.15) is 6.04 Å². The molecule has 1 aromatic carbocycles. The highest BCUT2D eigenvalue weighted by atomic mass is 35.5. The number of halogens is 1. The van der Waals surface area contributed by atoms with Gasteiger partial charge < -0.3 is 10.6 Å². The molecule has 0 saturated heterocycles. The summed E-state index contributed by atoms with van der Waals surface area (Å²) in [5, 5.41) is 6.05. The number of carbonyl (C=O) groups excluding carboxylic acids is 2. The molecule has 5 heteroatoms. The Hall–Kier alpha value is -1.55. The zero-order valence-corrected chi connectivity index (χ0v) is 13.3. The van der Waals surface area contributed by atoms with Gasteiger partial charge >= 0.3 is 0 Å². The predicted octanol–water partition coefficient (Wildman–Crippen LogP) is 3.14. The van der Waals surface area contributed by atoms with Gasteiger partial charge in [-0.2, -0.15) is 0 Å². The minimum atomic E-state index is -0.611. The summed E-state index contributed by atoms with van der Waals surface area (Å²) >= 11 is 6.00. The molecule has 110 valence electrons. The van der Waals surface area contributed by atoms with E-state index >= 15 is 0 Å². The average molecular weight is 297 g/mol. The summed E-state index contributed by atoms with van der Waals surface area (Å²) in [7, 11) is 0. The zero-order chi connectivity index (χ0) is 15.5. The second-order valence-electron chi connectivity index (χ2n) is 5.85. The highest BCUT2D eigenvalue weighted by molar-refractivity contribution is 6.31. The Bertz CT molecular complexity index is 521. The van der Waals surface area contributed by atoms with Crippen LogP contribution in [0, 0.1) is 12.3 Å². The van der Waals surface area contributed by atoms with Crippen molar-refractivity contribution in [3.05, 3.63) is 28.8 Å². The molecule has 0 aromatic heterocycles. The van der Waals surface area contributed by atoms with Gasteiger partial charge in [-0.25, -0.2) is 0 Å². The Morgan fingerprint density at radius 3 is 2.40 bits per heavy atom. The van der Waals surface area contributed by atoms with Crippen LogP contribution in [0.3, 0.4) is 0 Å². The molecule has 0 aliphatic carbocycles. The monoisotopic (exact) mass is 296 g/mol. The predicted molar refractivity (Wildman–Crippen MR) is 81.9 cm³/mol. The lowest BCUT2D eigenvalue weighted by Crippen LogP contribution is -2.46. The molecule has 1 atom stereocenters. The van der Waals surface area contributed by atoms with Crippen LogP contribution in [0.5, 0.6) is 0 Å². The van der Waals surface area contributed by atoms with Crippen molar-refractivity contribution in [1.82, 2.24) is 5.32 Å². The van der Waals surface area contributed by atoms with Crippen LogP contribution in [0.15, 0.2) is 18.2 Å². The summed E-state index contributed by atoms with van der Waals surface area (Å²) in [5.74, 6) is -0.434. The van der Waals surface area contributed by atoms with Crippen LogP contribution in [-0.2, 0) is 9.59 Å². The van der Waals surface area contributed by atoms with Crippen LogP contribution >= 0.6 is 11.6 Å². The van der Waals surface area contributed by atoms with E-state index in [0.29, 0.717) is 10.7 Å². The van der Waals surface area contributed by atoms with E-state index in [4.69, 9.17) is 11.6 Å². The molecule has 0 bridgehead atoms. The molecule has 0 saturated carbocycles. The molecule has 1 aromatic rings. The van der Waals surface area contributed by atoms with E-state index < -0.39 is 11.5 Å². The Morgan fingerprint density at radius 2 is 1.85 bits per heavy atom. The molecule has 0 heterocycles. The lowest BCUT2D eigenvalue weighted by atomic mass is 9.95. The Labute approximate surface area is 124 Å². The van der Waals surface area contributed by atoms with Crippen molar-refractivity contribution in [3.8, 4) is 0 Å². The van der Waals surface area contributed by atoms with Gasteiger partial charge in [-0.15, -0.1) is 0 Å². The van der Waals surface area contributed by atoms with E-state index in [1.165, 1.54) is 0 Å². The van der Waals surface area contributed by atoms with E-state index in [0.717, 1.165) is 5.56 Å². The Morgan fingerprint density at radius 1 is 1.25 bits per heavy atom. The molecule has 0 fully saturated rings. The van der Waals surface area contributed by atoms with Gasteiger partial charge in [0.05, 0.1) is 0 Å². The molecule has 2 amide bonds. The number of nitrogens with one attached hydrogen (secondary N) is 2. The summed E-state index contributed by atoms with van der Waals surface area (Å²) in [6, 6.07) is 4.69. The number of hydrogen-bond donors (Lipinski definition) is 2. The summed E-state index contributed by atoms with van der Waals surface area (Å²) in [6.45, 7) is 8.88. The van der Waals surface area contributed by atoms with Gasteiger partial charge in [0.2, 0.25) is 11.8 Å². The molecule has 0 unspecified atom stereocenters. The number of carbonyl (C=O) groups is 2. The first-order valence-electron chi connectivity index (χ1n) is 6.50. The van der Waals surface area contributed by atoms with Crippen molar-refractivity contribution < 1.29 is 9.59 Å². The highest BCUT2D eigenvalue weighted by Crippen LogP contribution is 2.23. The van der Waals surface area contributed by atoms with E-state index in [2.05, 4.69) is 10.6 Å². The standard InChI is InChI=1S/C15H21ClN2O2/c1-9-11(16)7-6-8-12(9)18-13(19)10(2)17-14(20)15(3,4)5/h6-8,10H,1-5H3,(H,17,20)(H,18,19)/t10-/m0/s1. The van der Waals surface area contributed by atoms with Crippen molar-refractivity contribution in [3.63, 3.8) is 0 Å². The first-order valence-corrected chi connectivity index (χ1v) is 6.87. The third-order valence-corrected chi connectivity index (χ3v) is 3.36. The van der Waals surface area contributed by atoms with E-state index in [-0.39, 0.29) is 11.8 Å². The molecule has 20 heavy (non-hydrogen) atoms. The van der Waals surface area contributed by atoms with Crippen LogP contribution in [0.2, 0.25) is 5.02 Å². The molecular weight excluding hydrogens is 276 g/mol. The first-order chi connectivity index (χ1) is 9.12. The molecule has 4 nitrogen and oxygen atoms in total. The minimum absolute atomic E-state index is 0.164. The summed E-state index contributed by atoms with van der Waals surface area (Å²) < 4.78 is 0. The van der Waals surface area contributed by atoms with Gasteiger partial charge in [0.25, 0.3) is 0 Å². The summed E-state index contributed by atoms with van der Waals surface area (Å²) in [6.07, 6.45) is 0. The number of hydrogen-bond acceptors (Lipinski definition) is 2. The SMILES string of the molecule is Cc1c(Cl)cccc1NC(=O)[C@H](C)NC(=O)C(C)(C)C. The van der Waals surface area contributed by atoms with Gasteiger partial charge in [-0.1, -0.05) is 38.4 Å². The van der Waals surface area contributed by atoms with Crippen molar-refractivity contribution in [2.24, 2.45) is 5.41 Å². The lowest BCUT2D eigenvalue weighted by molar-refractivity contribution is -0.131. The van der Waals surface area contributed by atoms with Gasteiger partial charge in [0.15, 0.2) is 0 Å². The molecule has 0 spiro atoms. The summed E-state index contributed by atoms with van der Waals surface area (Å²) in [5.41, 5.74) is 0.928. The van der Waals surface area contributed by atoms with Gasteiger partial charge in [-0.3, -0.25) is 9.59 Å². The average Bonchev–Trinajstić information content (AvgIpc) is 2.33. The minimum Gasteiger partial charge on any atom is -0.344 e. The molecule has 2 N–H and O–H groups in total. The Kier molecular flexibility index (Phi) is 5.17. The fraction of sp³-hybridized carbons (Fsp3) is 0.467. The molecule has 0 aliphatic heterocycles. The van der Waals surface area contributed by atoms with E-state index in [1.807, 2.05) is 6.92 Å². The normalized spacial score (nSPS) is 12.7. The molecule has 1 rings (SSSR count). The topological polar surface area (TPSA) is 58.2 Å². The highest BCUT2D eigenvalue weighted by Gasteiger charge is 2.25.